The molecule has 2 N–H and O–H groups in total. The van der Waals surface area contributed by atoms with Crippen LogP contribution in [-0.2, 0) is 13.1 Å². The van der Waals surface area contributed by atoms with Crippen molar-refractivity contribution in [2.45, 2.75) is 20.0 Å². The molecule has 0 bridgehead atoms. The fourth-order valence-corrected chi connectivity index (χ4v) is 2.04. The van der Waals surface area contributed by atoms with Crippen LogP contribution in [0.3, 0.4) is 0 Å². The maximum atomic E-state index is 13.9. The molecule has 0 spiro atoms. The van der Waals surface area contributed by atoms with E-state index >= 15 is 0 Å². The van der Waals surface area contributed by atoms with Gasteiger partial charge in [-0.1, -0.05) is 29.8 Å². The van der Waals surface area contributed by atoms with Gasteiger partial charge >= 0.3 is 0 Å². The van der Waals surface area contributed by atoms with Gasteiger partial charge in [0, 0.05) is 24.2 Å². The van der Waals surface area contributed by atoms with Crippen molar-refractivity contribution in [3.8, 4) is 11.5 Å². The molecule has 0 aliphatic heterocycles. The van der Waals surface area contributed by atoms with Crippen molar-refractivity contribution in [1.29, 1.82) is 0 Å². The van der Waals surface area contributed by atoms with Crippen molar-refractivity contribution in [2.24, 2.45) is 0 Å². The Labute approximate surface area is 118 Å². The topological polar surface area (TPSA) is 41.5 Å². The van der Waals surface area contributed by atoms with Gasteiger partial charge in [-0.2, -0.15) is 0 Å². The summed E-state index contributed by atoms with van der Waals surface area (Å²) in [4.78, 5) is 0. The molecule has 0 heterocycles. The monoisotopic (exact) mass is 275 g/mol. The number of phenols is 1. The van der Waals surface area contributed by atoms with Gasteiger partial charge < -0.3 is 15.2 Å². The van der Waals surface area contributed by atoms with E-state index in [-0.39, 0.29) is 17.3 Å². The quantitative estimate of drug-likeness (QED) is 0.881. The number of rotatable bonds is 5. The number of nitrogens with one attached hydrogen (secondary N) is 1. The van der Waals surface area contributed by atoms with E-state index in [1.165, 1.54) is 7.11 Å². The molecule has 4 heteroatoms. The molecule has 2 rings (SSSR count). The van der Waals surface area contributed by atoms with Crippen LogP contribution in [0.4, 0.5) is 4.39 Å². The highest BCUT2D eigenvalue weighted by Gasteiger charge is 2.08. The average Bonchev–Trinajstić information content (AvgIpc) is 2.44. The van der Waals surface area contributed by atoms with Crippen LogP contribution in [0.5, 0.6) is 11.5 Å². The Morgan fingerprint density at radius 2 is 1.90 bits per heavy atom. The van der Waals surface area contributed by atoms with Gasteiger partial charge in [0.05, 0.1) is 7.11 Å². The van der Waals surface area contributed by atoms with Crippen molar-refractivity contribution < 1.29 is 14.2 Å². The van der Waals surface area contributed by atoms with Crippen molar-refractivity contribution in [1.82, 2.24) is 5.32 Å². The van der Waals surface area contributed by atoms with Crippen LogP contribution in [0.15, 0.2) is 36.4 Å². The van der Waals surface area contributed by atoms with E-state index in [1.54, 1.807) is 24.3 Å². The zero-order chi connectivity index (χ0) is 14.5. The van der Waals surface area contributed by atoms with E-state index < -0.39 is 0 Å². The average molecular weight is 275 g/mol. The lowest BCUT2D eigenvalue weighted by Crippen LogP contribution is -2.14. The Hall–Kier alpha value is -2.07. The highest BCUT2D eigenvalue weighted by Crippen LogP contribution is 2.21. The number of methoxy groups -OCH3 is 1. The van der Waals surface area contributed by atoms with Gasteiger partial charge in [0.25, 0.3) is 0 Å². The first-order valence-corrected chi connectivity index (χ1v) is 6.42. The van der Waals surface area contributed by atoms with E-state index in [0.29, 0.717) is 18.7 Å². The summed E-state index contributed by atoms with van der Waals surface area (Å²) in [6, 6.07) is 10.5. The Morgan fingerprint density at radius 1 is 1.15 bits per heavy atom. The molecule has 0 unspecified atom stereocenters. The summed E-state index contributed by atoms with van der Waals surface area (Å²) in [7, 11) is 1.44. The molecule has 2 aromatic carbocycles. The summed E-state index contributed by atoms with van der Waals surface area (Å²) >= 11 is 0. The zero-order valence-electron chi connectivity index (χ0n) is 11.6. The first-order valence-electron chi connectivity index (χ1n) is 6.42. The number of hydrogen-bond donors (Lipinski definition) is 2. The van der Waals surface area contributed by atoms with Gasteiger partial charge in [0.1, 0.15) is 5.75 Å². The second-order valence-electron chi connectivity index (χ2n) is 4.67. The highest BCUT2D eigenvalue weighted by molar-refractivity contribution is 5.36. The number of aromatic hydroxyl groups is 1. The van der Waals surface area contributed by atoms with Crippen LogP contribution in [0, 0.1) is 12.7 Å². The van der Waals surface area contributed by atoms with Crippen molar-refractivity contribution in [3.05, 3.63) is 58.9 Å². The van der Waals surface area contributed by atoms with Crippen molar-refractivity contribution >= 4 is 0 Å². The normalized spacial score (nSPS) is 10.6. The molecular weight excluding hydrogens is 257 g/mol. The van der Waals surface area contributed by atoms with Gasteiger partial charge in [0.2, 0.25) is 0 Å². The summed E-state index contributed by atoms with van der Waals surface area (Å²) in [6.07, 6.45) is 0. The smallest absolute Gasteiger partial charge is 0.169 e. The van der Waals surface area contributed by atoms with Crippen molar-refractivity contribution in [3.63, 3.8) is 0 Å². The molecule has 0 aliphatic rings. The van der Waals surface area contributed by atoms with Crippen LogP contribution < -0.4 is 10.1 Å². The van der Waals surface area contributed by atoms with Gasteiger partial charge in [0.15, 0.2) is 11.6 Å². The number of ether oxygens (including phenoxy) is 1. The third-order valence-corrected chi connectivity index (χ3v) is 3.13. The molecule has 2 aromatic rings. The summed E-state index contributed by atoms with van der Waals surface area (Å²) in [5.41, 5.74) is 2.41. The largest absolute Gasteiger partial charge is 0.508 e. The van der Waals surface area contributed by atoms with E-state index in [1.807, 2.05) is 19.1 Å². The molecule has 0 fully saturated rings. The lowest BCUT2D eigenvalue weighted by molar-refractivity contribution is 0.383. The molecule has 0 aliphatic carbocycles. The van der Waals surface area contributed by atoms with Gasteiger partial charge in [-0.05, 0) is 19.1 Å². The first kappa shape index (κ1) is 14.3. The molecule has 106 valence electrons. The number of aryl methyl sites for hydroxylation is 1. The third-order valence-electron chi connectivity index (χ3n) is 3.13. The summed E-state index contributed by atoms with van der Waals surface area (Å²) in [5, 5.41) is 12.9. The van der Waals surface area contributed by atoms with E-state index in [0.717, 1.165) is 11.1 Å². The number of benzene rings is 2. The van der Waals surface area contributed by atoms with E-state index in [4.69, 9.17) is 4.74 Å². The van der Waals surface area contributed by atoms with Gasteiger partial charge in [-0.3, -0.25) is 0 Å². The maximum absolute atomic E-state index is 13.9. The third kappa shape index (κ3) is 3.27. The zero-order valence-corrected chi connectivity index (χ0v) is 11.6. The number of phenolic OH excluding ortho intramolecular Hbond substituents is 1. The van der Waals surface area contributed by atoms with Crippen LogP contribution in [0.25, 0.3) is 0 Å². The molecule has 3 nitrogen and oxygen atoms in total. The number of hydrogen-bond acceptors (Lipinski definition) is 3. The lowest BCUT2D eigenvalue weighted by Gasteiger charge is -2.10. The van der Waals surface area contributed by atoms with E-state index in [9.17, 15) is 9.50 Å². The fourth-order valence-electron chi connectivity index (χ4n) is 2.04. The second-order valence-corrected chi connectivity index (χ2v) is 4.67. The highest BCUT2D eigenvalue weighted by atomic mass is 19.1. The van der Waals surface area contributed by atoms with Crippen LogP contribution >= 0.6 is 0 Å². The Morgan fingerprint density at radius 3 is 2.65 bits per heavy atom. The maximum Gasteiger partial charge on any atom is 0.169 e. The Balaban J connectivity index is 2.01. The van der Waals surface area contributed by atoms with Crippen LogP contribution in [0.2, 0.25) is 0 Å². The fraction of sp³-hybridized carbons (Fsp3) is 0.250. The summed E-state index contributed by atoms with van der Waals surface area (Å²) < 4.78 is 18.9. The van der Waals surface area contributed by atoms with Gasteiger partial charge in [-0.25, -0.2) is 4.39 Å². The summed E-state index contributed by atoms with van der Waals surface area (Å²) in [5.74, 6) is 0.132. The Kier molecular flexibility index (Phi) is 4.58. The lowest BCUT2D eigenvalue weighted by atomic mass is 10.1. The van der Waals surface area contributed by atoms with Crippen LogP contribution in [-0.4, -0.2) is 12.2 Å². The molecule has 0 radical (unpaired) electrons. The molecule has 0 amide bonds. The van der Waals surface area contributed by atoms with E-state index in [2.05, 4.69) is 5.32 Å². The predicted octanol–water partition coefficient (Wildman–Crippen LogP) is 3.14. The SMILES string of the molecule is COc1cccc(CNCc2cc(C)ccc2O)c1F. The molecule has 20 heavy (non-hydrogen) atoms. The molecule has 0 saturated heterocycles. The molecule has 0 saturated carbocycles. The van der Waals surface area contributed by atoms with Crippen molar-refractivity contribution in [2.75, 3.05) is 7.11 Å². The first-order chi connectivity index (χ1) is 9.61. The van der Waals surface area contributed by atoms with Gasteiger partial charge in [-0.15, -0.1) is 0 Å². The standard InChI is InChI=1S/C16H18FNO2/c1-11-6-7-14(19)13(8-11)10-18-9-12-4-3-5-15(20-2)16(12)17/h3-8,18-19H,9-10H2,1-2H3. The minimum Gasteiger partial charge on any atom is -0.508 e. The molecule has 0 aromatic heterocycles. The minimum absolute atomic E-state index is 0.239. The molecular formula is C16H18FNO2. The van der Waals surface area contributed by atoms with Crippen LogP contribution in [0.1, 0.15) is 16.7 Å². The minimum atomic E-state index is -0.351. The Bertz CT molecular complexity index is 599. The predicted molar refractivity (Wildman–Crippen MR) is 76.3 cm³/mol. The molecule has 0 atom stereocenters. The summed E-state index contributed by atoms with van der Waals surface area (Å²) in [6.45, 7) is 2.81. The second kappa shape index (κ2) is 6.39. The number of halogens is 1.